The highest BCUT2D eigenvalue weighted by atomic mass is 79.9. The van der Waals surface area contributed by atoms with Gasteiger partial charge in [-0.25, -0.2) is 18.4 Å². The van der Waals surface area contributed by atoms with E-state index in [0.717, 1.165) is 4.57 Å². The predicted molar refractivity (Wildman–Crippen MR) is 97.1 cm³/mol. The fourth-order valence-corrected chi connectivity index (χ4v) is 2.52. The summed E-state index contributed by atoms with van der Waals surface area (Å²) in [6.07, 6.45) is 0. The van der Waals surface area contributed by atoms with E-state index < -0.39 is 11.6 Å². The molecule has 0 atom stereocenters. The Balaban J connectivity index is 1.87. The fourth-order valence-electron chi connectivity index (χ4n) is 2.15. The van der Waals surface area contributed by atoms with Gasteiger partial charge in [-0.3, -0.25) is 9.52 Å². The number of hydrogen-bond acceptors (Lipinski definition) is 8. The van der Waals surface area contributed by atoms with Crippen molar-refractivity contribution in [1.82, 2.24) is 25.4 Å². The van der Waals surface area contributed by atoms with Crippen LogP contribution in [0.5, 0.6) is 0 Å². The van der Waals surface area contributed by atoms with Crippen molar-refractivity contribution in [1.29, 1.82) is 0 Å². The Hall–Kier alpha value is -3.22. The minimum Gasteiger partial charge on any atom is -0.370 e. The molecule has 0 radical (unpaired) electrons. The fraction of sp³-hybridized carbons (Fsp3) is 0.214. The molecule has 11 nitrogen and oxygen atoms in total. The molecule has 0 saturated carbocycles. The summed E-state index contributed by atoms with van der Waals surface area (Å²) in [5, 5.41) is 17.1. The van der Waals surface area contributed by atoms with E-state index in [0.29, 0.717) is 24.7 Å². The van der Waals surface area contributed by atoms with Gasteiger partial charge in [-0.1, -0.05) is 5.16 Å². The van der Waals surface area contributed by atoms with Crippen molar-refractivity contribution in [3.05, 3.63) is 39.0 Å². The molecule has 2 aromatic heterocycles. The van der Waals surface area contributed by atoms with Crippen molar-refractivity contribution in [3.8, 4) is 17.2 Å². The molecule has 142 valence electrons. The SMILES string of the molecule is C/N=C(\N)NCCNc1nonc1-c1noc(=O)n1-c1ccc(F)c(Br)c1. The summed E-state index contributed by atoms with van der Waals surface area (Å²) in [5.41, 5.74) is 6.01. The van der Waals surface area contributed by atoms with Crippen LogP contribution in [0.15, 0.2) is 41.6 Å². The maximum atomic E-state index is 13.5. The number of nitrogens with one attached hydrogen (secondary N) is 2. The summed E-state index contributed by atoms with van der Waals surface area (Å²) in [4.78, 5) is 15.9. The van der Waals surface area contributed by atoms with Gasteiger partial charge in [0.25, 0.3) is 0 Å². The number of nitrogens with zero attached hydrogens (tertiary/aromatic N) is 5. The first-order valence-electron chi connectivity index (χ1n) is 7.58. The average Bonchev–Trinajstić information content (AvgIpc) is 3.27. The molecule has 0 aliphatic rings. The Kier molecular flexibility index (Phi) is 5.49. The van der Waals surface area contributed by atoms with E-state index in [1.165, 1.54) is 18.2 Å². The molecule has 1 aromatic carbocycles. The standard InChI is InChI=1S/C14H14BrFN8O3/c1-18-13(17)20-5-4-19-11-10(21-27-22-11)12-23-26-14(25)24(12)7-2-3-9(16)8(15)6-7/h2-3,6H,4-5H2,1H3,(H,19,22)(H3,17,18,20). The molecule has 4 N–H and O–H groups in total. The third-order valence-corrected chi connectivity index (χ3v) is 4.04. The molecule has 0 bridgehead atoms. The molecule has 3 aromatic rings. The Morgan fingerprint density at radius 1 is 1.37 bits per heavy atom. The number of halogens is 2. The first-order chi connectivity index (χ1) is 13.0. The number of hydrogen-bond donors (Lipinski definition) is 3. The second-order valence-corrected chi connectivity index (χ2v) is 5.98. The van der Waals surface area contributed by atoms with E-state index in [4.69, 9.17) is 14.9 Å². The summed E-state index contributed by atoms with van der Waals surface area (Å²) in [6, 6.07) is 4.02. The van der Waals surface area contributed by atoms with E-state index in [1.807, 2.05) is 0 Å². The third-order valence-electron chi connectivity index (χ3n) is 3.43. The van der Waals surface area contributed by atoms with E-state index >= 15 is 0 Å². The first kappa shape index (κ1) is 18.6. The number of aromatic nitrogens is 4. The zero-order chi connectivity index (χ0) is 19.4. The molecule has 27 heavy (non-hydrogen) atoms. The van der Waals surface area contributed by atoms with E-state index in [-0.39, 0.29) is 21.8 Å². The van der Waals surface area contributed by atoms with Gasteiger partial charge in [0.1, 0.15) is 5.82 Å². The molecular weight excluding hydrogens is 427 g/mol. The predicted octanol–water partition coefficient (Wildman–Crippen LogP) is 0.723. The number of nitrogens with two attached hydrogens (primary N) is 1. The van der Waals surface area contributed by atoms with Crippen LogP contribution in [-0.2, 0) is 0 Å². The maximum absolute atomic E-state index is 13.5. The Morgan fingerprint density at radius 3 is 2.93 bits per heavy atom. The monoisotopic (exact) mass is 440 g/mol. The second-order valence-electron chi connectivity index (χ2n) is 5.13. The molecule has 0 amide bonds. The van der Waals surface area contributed by atoms with Crippen LogP contribution >= 0.6 is 15.9 Å². The molecule has 0 spiro atoms. The van der Waals surface area contributed by atoms with E-state index in [2.05, 4.69) is 47.0 Å². The summed E-state index contributed by atoms with van der Waals surface area (Å²) in [7, 11) is 1.56. The van der Waals surface area contributed by atoms with Crippen LogP contribution in [0.3, 0.4) is 0 Å². The van der Waals surface area contributed by atoms with Crippen molar-refractivity contribution >= 4 is 27.7 Å². The lowest BCUT2D eigenvalue weighted by Gasteiger charge is -2.07. The number of guanidine groups is 1. The van der Waals surface area contributed by atoms with Crippen molar-refractivity contribution < 1.29 is 13.5 Å². The molecule has 0 aliphatic carbocycles. The van der Waals surface area contributed by atoms with Crippen LogP contribution in [0.1, 0.15) is 0 Å². The summed E-state index contributed by atoms with van der Waals surface area (Å²) >= 11 is 3.08. The lowest BCUT2D eigenvalue weighted by molar-refractivity contribution is 0.309. The Morgan fingerprint density at radius 2 is 2.19 bits per heavy atom. The molecule has 3 rings (SSSR count). The number of rotatable bonds is 6. The van der Waals surface area contributed by atoms with Gasteiger partial charge in [0, 0.05) is 20.1 Å². The zero-order valence-electron chi connectivity index (χ0n) is 13.9. The number of aliphatic imine (C=N–C) groups is 1. The van der Waals surface area contributed by atoms with Gasteiger partial charge < -0.3 is 16.4 Å². The highest BCUT2D eigenvalue weighted by Gasteiger charge is 2.23. The lowest BCUT2D eigenvalue weighted by atomic mass is 10.3. The van der Waals surface area contributed by atoms with Gasteiger partial charge in [-0.2, -0.15) is 0 Å². The topological polar surface area (TPSA) is 149 Å². The highest BCUT2D eigenvalue weighted by molar-refractivity contribution is 9.10. The molecule has 0 aliphatic heterocycles. The molecular formula is C14H14BrFN8O3. The molecule has 0 unspecified atom stereocenters. The maximum Gasteiger partial charge on any atom is 0.446 e. The normalized spacial score (nSPS) is 11.6. The van der Waals surface area contributed by atoms with Crippen LogP contribution in [0, 0.1) is 5.82 Å². The average molecular weight is 441 g/mol. The summed E-state index contributed by atoms with van der Waals surface area (Å²) in [6.45, 7) is 0.855. The van der Waals surface area contributed by atoms with E-state index in [9.17, 15) is 9.18 Å². The van der Waals surface area contributed by atoms with Crippen LogP contribution < -0.4 is 22.1 Å². The quantitative estimate of drug-likeness (QED) is 0.286. The minimum absolute atomic E-state index is 0.0462. The molecule has 2 heterocycles. The van der Waals surface area contributed by atoms with Crippen LogP contribution in [0.4, 0.5) is 10.2 Å². The van der Waals surface area contributed by atoms with Gasteiger partial charge in [-0.05, 0) is 44.4 Å². The van der Waals surface area contributed by atoms with Gasteiger partial charge in [0.05, 0.1) is 10.2 Å². The molecule has 13 heteroatoms. The third kappa shape index (κ3) is 3.97. The number of benzene rings is 1. The van der Waals surface area contributed by atoms with Crippen LogP contribution in [0.25, 0.3) is 17.2 Å². The summed E-state index contributed by atoms with van der Waals surface area (Å²) < 4.78 is 24.3. The Bertz CT molecular complexity index is 1030. The van der Waals surface area contributed by atoms with Gasteiger partial charge in [-0.15, -0.1) is 0 Å². The first-order valence-corrected chi connectivity index (χ1v) is 8.37. The van der Waals surface area contributed by atoms with E-state index in [1.54, 1.807) is 7.05 Å². The van der Waals surface area contributed by atoms with Crippen molar-refractivity contribution in [2.75, 3.05) is 25.5 Å². The highest BCUT2D eigenvalue weighted by Crippen LogP contribution is 2.25. The van der Waals surface area contributed by atoms with Gasteiger partial charge in [0.15, 0.2) is 11.7 Å². The second kappa shape index (κ2) is 7.99. The van der Waals surface area contributed by atoms with Crippen molar-refractivity contribution in [2.24, 2.45) is 10.7 Å². The van der Waals surface area contributed by atoms with Gasteiger partial charge >= 0.3 is 5.76 Å². The number of anilines is 1. The van der Waals surface area contributed by atoms with Gasteiger partial charge in [0.2, 0.25) is 11.6 Å². The summed E-state index contributed by atoms with van der Waals surface area (Å²) in [5.74, 6) is -0.664. The molecule has 0 fully saturated rings. The van der Waals surface area contributed by atoms with Crippen LogP contribution in [0.2, 0.25) is 0 Å². The van der Waals surface area contributed by atoms with Crippen molar-refractivity contribution in [3.63, 3.8) is 0 Å². The van der Waals surface area contributed by atoms with Crippen LogP contribution in [-0.4, -0.2) is 46.1 Å². The van der Waals surface area contributed by atoms with Crippen molar-refractivity contribution in [2.45, 2.75) is 0 Å². The smallest absolute Gasteiger partial charge is 0.370 e. The molecule has 0 saturated heterocycles. The largest absolute Gasteiger partial charge is 0.446 e. The zero-order valence-corrected chi connectivity index (χ0v) is 15.5. The minimum atomic E-state index is -0.772. The Labute approximate surface area is 159 Å². The lowest BCUT2D eigenvalue weighted by Crippen LogP contribution is -2.34.